The van der Waals surface area contributed by atoms with Crippen LogP contribution in [0.1, 0.15) is 32.6 Å². The molecule has 1 atom stereocenters. The highest BCUT2D eigenvalue weighted by Crippen LogP contribution is 2.29. The maximum absolute atomic E-state index is 11.2. The zero-order valence-electron chi connectivity index (χ0n) is 8.66. The van der Waals surface area contributed by atoms with Gasteiger partial charge in [0.15, 0.2) is 0 Å². The lowest BCUT2D eigenvalue weighted by Crippen LogP contribution is -2.29. The van der Waals surface area contributed by atoms with Gasteiger partial charge in [-0.1, -0.05) is 19.4 Å². The van der Waals surface area contributed by atoms with Gasteiger partial charge in [0.25, 0.3) is 0 Å². The lowest BCUT2D eigenvalue weighted by Gasteiger charge is -2.21. The van der Waals surface area contributed by atoms with Crippen LogP contribution in [0, 0.1) is 5.92 Å². The molecule has 1 rings (SSSR count). The van der Waals surface area contributed by atoms with Crippen LogP contribution in [0.3, 0.4) is 0 Å². The highest BCUT2D eigenvalue weighted by atomic mass is 16.6. The molecule has 0 heterocycles. The van der Waals surface area contributed by atoms with Crippen LogP contribution < -0.4 is 0 Å². The molecule has 0 aromatic rings. The predicted octanol–water partition coefficient (Wildman–Crippen LogP) is 1.66. The summed E-state index contributed by atoms with van der Waals surface area (Å²) in [5.74, 6) is -0.0562. The molecule has 0 radical (unpaired) electrons. The molecule has 1 unspecified atom stereocenters. The third-order valence-corrected chi connectivity index (χ3v) is 2.71. The molecule has 1 fully saturated rings. The molecule has 0 saturated heterocycles. The van der Waals surface area contributed by atoms with E-state index in [4.69, 9.17) is 9.84 Å². The minimum absolute atomic E-state index is 0.0797. The first-order chi connectivity index (χ1) is 6.65. The van der Waals surface area contributed by atoms with Crippen LogP contribution in [0.15, 0.2) is 12.2 Å². The second kappa shape index (κ2) is 5.15. The number of hydrogen-bond donors (Lipinski definition) is 1. The molecule has 3 nitrogen and oxygen atoms in total. The van der Waals surface area contributed by atoms with Gasteiger partial charge in [-0.15, -0.1) is 0 Å². The van der Waals surface area contributed by atoms with Gasteiger partial charge in [-0.25, -0.2) is 4.79 Å². The third kappa shape index (κ3) is 2.84. The van der Waals surface area contributed by atoms with E-state index in [0.29, 0.717) is 11.5 Å². The molecule has 1 aliphatic carbocycles. The molecule has 0 amide bonds. The first-order valence-corrected chi connectivity index (χ1v) is 5.12. The molecular weight excluding hydrogens is 180 g/mol. The van der Waals surface area contributed by atoms with E-state index in [0.717, 1.165) is 12.8 Å². The minimum atomic E-state index is -0.393. The van der Waals surface area contributed by atoms with E-state index in [-0.39, 0.29) is 12.7 Å². The van der Waals surface area contributed by atoms with E-state index in [1.54, 1.807) is 6.92 Å². The number of ether oxygens (including phenoxy) is 1. The largest absolute Gasteiger partial charge is 0.456 e. The molecule has 0 aromatic carbocycles. The highest BCUT2D eigenvalue weighted by molar-refractivity contribution is 5.87. The van der Waals surface area contributed by atoms with Crippen molar-refractivity contribution in [2.24, 2.45) is 5.92 Å². The Bertz CT molecular complexity index is 217. The Hall–Kier alpha value is -0.830. The fourth-order valence-corrected chi connectivity index (χ4v) is 1.85. The van der Waals surface area contributed by atoms with Crippen LogP contribution in [0.2, 0.25) is 0 Å². The summed E-state index contributed by atoms with van der Waals surface area (Å²) in [4.78, 5) is 11.2. The van der Waals surface area contributed by atoms with E-state index in [1.807, 2.05) is 0 Å². The average Bonchev–Trinajstić information content (AvgIpc) is 2.66. The van der Waals surface area contributed by atoms with Crippen LogP contribution in [0.25, 0.3) is 0 Å². The summed E-state index contributed by atoms with van der Waals surface area (Å²) in [6.07, 6.45) is 4.11. The summed E-state index contributed by atoms with van der Waals surface area (Å²) in [6, 6.07) is 0. The first kappa shape index (κ1) is 11.2. The van der Waals surface area contributed by atoms with Gasteiger partial charge in [0.1, 0.15) is 6.10 Å². The lowest BCUT2D eigenvalue weighted by atomic mass is 10.0. The number of aliphatic hydroxyl groups is 1. The maximum Gasteiger partial charge on any atom is 0.333 e. The van der Waals surface area contributed by atoms with Crippen molar-refractivity contribution in [2.45, 2.75) is 38.7 Å². The van der Waals surface area contributed by atoms with E-state index in [2.05, 4.69) is 6.58 Å². The summed E-state index contributed by atoms with van der Waals surface area (Å²) >= 11 is 0. The summed E-state index contributed by atoms with van der Waals surface area (Å²) in [5.41, 5.74) is 0.390. The van der Waals surface area contributed by atoms with Crippen molar-refractivity contribution in [2.75, 3.05) is 6.61 Å². The van der Waals surface area contributed by atoms with Crippen LogP contribution in [0.4, 0.5) is 0 Å². The van der Waals surface area contributed by atoms with Crippen LogP contribution in [-0.4, -0.2) is 23.8 Å². The molecule has 0 bridgehead atoms. The van der Waals surface area contributed by atoms with E-state index < -0.39 is 5.97 Å². The van der Waals surface area contributed by atoms with Crippen molar-refractivity contribution in [3.8, 4) is 0 Å². The van der Waals surface area contributed by atoms with Gasteiger partial charge in [0.2, 0.25) is 0 Å². The van der Waals surface area contributed by atoms with Crippen LogP contribution >= 0.6 is 0 Å². The highest BCUT2D eigenvalue weighted by Gasteiger charge is 2.27. The van der Waals surface area contributed by atoms with Gasteiger partial charge in [-0.3, -0.25) is 0 Å². The van der Waals surface area contributed by atoms with Gasteiger partial charge in [-0.05, 0) is 25.7 Å². The minimum Gasteiger partial charge on any atom is -0.456 e. The van der Waals surface area contributed by atoms with Crippen molar-refractivity contribution in [1.29, 1.82) is 0 Å². The molecule has 80 valence electrons. The topological polar surface area (TPSA) is 46.5 Å². The fraction of sp³-hybridized carbons (Fsp3) is 0.727. The van der Waals surface area contributed by atoms with Crippen molar-refractivity contribution in [3.05, 3.63) is 12.2 Å². The summed E-state index contributed by atoms with van der Waals surface area (Å²) < 4.78 is 5.16. The van der Waals surface area contributed by atoms with Crippen LogP contribution in [0.5, 0.6) is 0 Å². The van der Waals surface area contributed by atoms with Crippen molar-refractivity contribution in [1.82, 2.24) is 0 Å². The SMILES string of the molecule is C=C(C)C(=O)OC(CO)C1CCCC1. The van der Waals surface area contributed by atoms with Gasteiger partial charge >= 0.3 is 5.97 Å². The number of rotatable bonds is 4. The number of aliphatic hydroxyl groups excluding tert-OH is 1. The Morgan fingerprint density at radius 2 is 2.14 bits per heavy atom. The predicted molar refractivity (Wildman–Crippen MR) is 53.7 cm³/mol. The average molecular weight is 198 g/mol. The van der Waals surface area contributed by atoms with Gasteiger partial charge in [0, 0.05) is 5.57 Å². The molecule has 14 heavy (non-hydrogen) atoms. The smallest absolute Gasteiger partial charge is 0.333 e. The van der Waals surface area contributed by atoms with Crippen molar-refractivity contribution < 1.29 is 14.6 Å². The maximum atomic E-state index is 11.2. The molecule has 0 aromatic heterocycles. The first-order valence-electron chi connectivity index (χ1n) is 5.12. The molecule has 0 aliphatic heterocycles. The number of carbonyl (C=O) groups is 1. The Morgan fingerprint density at radius 1 is 1.57 bits per heavy atom. The van der Waals surface area contributed by atoms with Gasteiger partial charge < -0.3 is 9.84 Å². The molecule has 0 spiro atoms. The number of esters is 1. The summed E-state index contributed by atoms with van der Waals surface area (Å²) in [6.45, 7) is 5.05. The van der Waals surface area contributed by atoms with E-state index in [9.17, 15) is 4.79 Å². The summed E-state index contributed by atoms with van der Waals surface area (Å²) in [7, 11) is 0. The second-order valence-electron chi connectivity index (χ2n) is 3.95. The molecular formula is C11H18O3. The normalized spacial score (nSPS) is 19.3. The Kier molecular flexibility index (Phi) is 4.14. The summed E-state index contributed by atoms with van der Waals surface area (Å²) in [5, 5.41) is 9.11. The van der Waals surface area contributed by atoms with Crippen LogP contribution in [-0.2, 0) is 9.53 Å². The Balaban J connectivity index is 2.45. The van der Waals surface area contributed by atoms with E-state index in [1.165, 1.54) is 12.8 Å². The van der Waals surface area contributed by atoms with Crippen molar-refractivity contribution >= 4 is 5.97 Å². The molecule has 3 heteroatoms. The quantitative estimate of drug-likeness (QED) is 0.552. The zero-order chi connectivity index (χ0) is 10.6. The van der Waals surface area contributed by atoms with Gasteiger partial charge in [-0.2, -0.15) is 0 Å². The fourth-order valence-electron chi connectivity index (χ4n) is 1.85. The van der Waals surface area contributed by atoms with Crippen molar-refractivity contribution in [3.63, 3.8) is 0 Å². The molecule has 1 N–H and O–H groups in total. The zero-order valence-corrected chi connectivity index (χ0v) is 8.66. The molecule has 1 saturated carbocycles. The monoisotopic (exact) mass is 198 g/mol. The standard InChI is InChI=1S/C11H18O3/c1-8(2)11(13)14-10(7-12)9-5-3-4-6-9/h9-10,12H,1,3-7H2,2H3. The molecule has 1 aliphatic rings. The number of hydrogen-bond acceptors (Lipinski definition) is 3. The Labute approximate surface area is 84.8 Å². The Morgan fingerprint density at radius 3 is 2.57 bits per heavy atom. The second-order valence-corrected chi connectivity index (χ2v) is 3.95. The van der Waals surface area contributed by atoms with Gasteiger partial charge in [0.05, 0.1) is 6.61 Å². The van der Waals surface area contributed by atoms with E-state index >= 15 is 0 Å². The lowest BCUT2D eigenvalue weighted by molar-refractivity contribution is -0.149. The third-order valence-electron chi connectivity index (χ3n) is 2.71. The number of carbonyl (C=O) groups excluding carboxylic acids is 1.